The van der Waals surface area contributed by atoms with E-state index >= 15 is 0 Å². The van der Waals surface area contributed by atoms with Crippen LogP contribution in [-0.2, 0) is 0 Å². The highest BCUT2D eigenvalue weighted by molar-refractivity contribution is 9.10. The number of carbonyl (C=O) groups is 1. The van der Waals surface area contributed by atoms with Crippen LogP contribution in [0.3, 0.4) is 0 Å². The lowest BCUT2D eigenvalue weighted by Gasteiger charge is -2.62. The summed E-state index contributed by atoms with van der Waals surface area (Å²) in [4.78, 5) is 16.4. The number of nitrogens with zero attached hydrogens (tertiary/aromatic N) is 1. The number of hydrogen-bond acceptors (Lipinski definition) is 3. The summed E-state index contributed by atoms with van der Waals surface area (Å²) in [6.45, 7) is 0. The molecule has 3 fully saturated rings. The molecular weight excluding hydrogens is 349 g/mol. The Hall–Kier alpha value is -1.69. The minimum atomic E-state index is -0.357. The Morgan fingerprint density at radius 3 is 2.73 bits per heavy atom. The molecule has 0 atom stereocenters. The van der Waals surface area contributed by atoms with Crippen molar-refractivity contribution < 1.29 is 9.18 Å². The minimum Gasteiger partial charge on any atom is -0.378 e. The molecule has 6 heteroatoms. The van der Waals surface area contributed by atoms with Crippen LogP contribution in [0.1, 0.15) is 29.6 Å². The maximum atomic E-state index is 13.7. The van der Waals surface area contributed by atoms with E-state index in [4.69, 9.17) is 0 Å². The number of carbonyl (C=O) groups excluding carboxylic acids is 1. The summed E-state index contributed by atoms with van der Waals surface area (Å²) in [5, 5.41) is 6.96. The number of nitrogens with one attached hydrogen (secondary N) is 2. The predicted octanol–water partition coefficient (Wildman–Crippen LogP) is 3.46. The summed E-state index contributed by atoms with van der Waals surface area (Å²) in [5.74, 6) is 0.279. The second-order valence-electron chi connectivity index (χ2n) is 6.29. The van der Waals surface area contributed by atoms with Gasteiger partial charge in [0.15, 0.2) is 0 Å². The number of rotatable bonds is 3. The van der Waals surface area contributed by atoms with Crippen molar-refractivity contribution in [2.75, 3.05) is 12.4 Å². The summed E-state index contributed by atoms with van der Waals surface area (Å²) in [7, 11) is 1.60. The van der Waals surface area contributed by atoms with Crippen molar-refractivity contribution in [2.24, 2.45) is 5.92 Å². The maximum absolute atomic E-state index is 13.7. The quantitative estimate of drug-likeness (QED) is 0.877. The largest absolute Gasteiger partial charge is 0.378 e. The van der Waals surface area contributed by atoms with E-state index in [1.54, 1.807) is 13.1 Å². The van der Waals surface area contributed by atoms with Crippen molar-refractivity contribution in [3.63, 3.8) is 0 Å². The summed E-state index contributed by atoms with van der Waals surface area (Å²) in [5.41, 5.74) is 1.91. The van der Waals surface area contributed by atoms with Gasteiger partial charge in [-0.25, -0.2) is 4.39 Å². The van der Waals surface area contributed by atoms with E-state index in [1.165, 1.54) is 12.3 Å². The van der Waals surface area contributed by atoms with Crippen molar-refractivity contribution >= 4 is 38.4 Å². The Bertz CT molecular complexity index is 791. The second-order valence-corrected chi connectivity index (χ2v) is 7.15. The summed E-state index contributed by atoms with van der Waals surface area (Å²) < 4.78 is 14.1. The fourth-order valence-corrected chi connectivity index (χ4v) is 3.87. The molecule has 4 nitrogen and oxygen atoms in total. The van der Waals surface area contributed by atoms with Gasteiger partial charge < -0.3 is 10.6 Å². The van der Waals surface area contributed by atoms with Crippen LogP contribution in [0.15, 0.2) is 22.8 Å². The molecule has 3 saturated carbocycles. The molecule has 1 heterocycles. The first-order valence-electron chi connectivity index (χ1n) is 7.29. The monoisotopic (exact) mass is 363 g/mol. The molecule has 2 aromatic rings. The normalized spacial score (nSPS) is 25.3. The molecule has 0 spiro atoms. The zero-order valence-electron chi connectivity index (χ0n) is 12.0. The van der Waals surface area contributed by atoms with E-state index in [1.807, 2.05) is 0 Å². The number of hydrogen-bond donors (Lipinski definition) is 2. The molecule has 3 aliphatic rings. The van der Waals surface area contributed by atoms with Gasteiger partial charge in [-0.15, -0.1) is 0 Å². The molecule has 1 aromatic heterocycles. The topological polar surface area (TPSA) is 54.0 Å². The Morgan fingerprint density at radius 1 is 1.41 bits per heavy atom. The molecule has 3 aliphatic carbocycles. The Kier molecular flexibility index (Phi) is 2.95. The molecule has 0 radical (unpaired) electrons. The number of anilines is 1. The van der Waals surface area contributed by atoms with E-state index < -0.39 is 0 Å². The number of pyridine rings is 1. The zero-order valence-corrected chi connectivity index (χ0v) is 13.6. The average molecular weight is 364 g/mol. The third-order valence-electron chi connectivity index (χ3n) is 4.81. The van der Waals surface area contributed by atoms with Crippen molar-refractivity contribution in [1.82, 2.24) is 10.3 Å². The van der Waals surface area contributed by atoms with Crippen LogP contribution in [0.5, 0.6) is 0 Å². The fourth-order valence-electron chi connectivity index (χ4n) is 3.53. The number of benzene rings is 1. The summed E-state index contributed by atoms with van der Waals surface area (Å²) in [6.07, 6.45) is 4.95. The second kappa shape index (κ2) is 4.65. The highest BCUT2D eigenvalue weighted by Gasteiger charge is 2.56. The van der Waals surface area contributed by atoms with E-state index in [-0.39, 0.29) is 17.3 Å². The van der Waals surface area contributed by atoms with Gasteiger partial charge in [0.05, 0.1) is 21.2 Å². The molecule has 114 valence electrons. The van der Waals surface area contributed by atoms with Gasteiger partial charge in [-0.3, -0.25) is 9.78 Å². The summed E-state index contributed by atoms with van der Waals surface area (Å²) in [6, 6.07) is 3.08. The minimum absolute atomic E-state index is 0.114. The number of aromatic nitrogens is 1. The van der Waals surface area contributed by atoms with Gasteiger partial charge in [-0.05, 0) is 47.2 Å². The number of amides is 1. The van der Waals surface area contributed by atoms with Crippen LogP contribution in [0.2, 0.25) is 0 Å². The molecule has 22 heavy (non-hydrogen) atoms. The van der Waals surface area contributed by atoms with Crippen LogP contribution in [-0.4, -0.2) is 23.5 Å². The Morgan fingerprint density at radius 2 is 2.14 bits per heavy atom. The first-order chi connectivity index (χ1) is 10.5. The third-order valence-corrected chi connectivity index (χ3v) is 5.42. The van der Waals surface area contributed by atoms with Gasteiger partial charge in [0, 0.05) is 30.2 Å². The number of fused-ring (bicyclic) bond motifs is 1. The highest BCUT2D eigenvalue weighted by atomic mass is 79.9. The van der Waals surface area contributed by atoms with Crippen LogP contribution < -0.4 is 10.6 Å². The van der Waals surface area contributed by atoms with Gasteiger partial charge in [0.2, 0.25) is 0 Å². The van der Waals surface area contributed by atoms with Gasteiger partial charge in [0.25, 0.3) is 5.91 Å². The van der Waals surface area contributed by atoms with Crippen molar-refractivity contribution in [2.45, 2.75) is 24.8 Å². The molecule has 0 unspecified atom stereocenters. The molecule has 0 aliphatic heterocycles. The SMILES string of the molecule is CNC(=O)c1cnc2cc(F)c(Br)cc2c1NC12CC(C1)C2. The van der Waals surface area contributed by atoms with Crippen LogP contribution >= 0.6 is 15.9 Å². The standard InChI is InChI=1S/C16H15BrFN3O/c1-19-15(22)10-7-20-13-3-12(18)11(17)2-9(13)14(10)21-16-4-8(5-16)6-16/h2-3,7-8H,4-6H2,1H3,(H,19,22)(H,20,21). The van der Waals surface area contributed by atoms with Crippen LogP contribution in [0.25, 0.3) is 10.9 Å². The lowest BCUT2D eigenvalue weighted by atomic mass is 9.50. The summed E-state index contributed by atoms with van der Waals surface area (Å²) >= 11 is 3.22. The van der Waals surface area contributed by atoms with Gasteiger partial charge >= 0.3 is 0 Å². The van der Waals surface area contributed by atoms with E-state index in [0.717, 1.165) is 36.3 Å². The van der Waals surface area contributed by atoms with Crippen molar-refractivity contribution in [1.29, 1.82) is 0 Å². The van der Waals surface area contributed by atoms with E-state index in [9.17, 15) is 9.18 Å². The lowest BCUT2D eigenvalue weighted by Crippen LogP contribution is -2.63. The maximum Gasteiger partial charge on any atom is 0.254 e. The molecule has 0 saturated heterocycles. The zero-order chi connectivity index (χ0) is 15.5. The molecule has 5 rings (SSSR count). The number of halogens is 2. The van der Waals surface area contributed by atoms with Crippen molar-refractivity contribution in [3.8, 4) is 0 Å². The van der Waals surface area contributed by atoms with Crippen LogP contribution in [0.4, 0.5) is 10.1 Å². The molecule has 1 aromatic carbocycles. The molecule has 2 N–H and O–H groups in total. The smallest absolute Gasteiger partial charge is 0.254 e. The van der Waals surface area contributed by atoms with E-state index in [2.05, 4.69) is 31.5 Å². The van der Waals surface area contributed by atoms with Crippen LogP contribution in [0, 0.1) is 11.7 Å². The average Bonchev–Trinajstić information content (AvgIpc) is 2.42. The first-order valence-corrected chi connectivity index (χ1v) is 8.09. The lowest BCUT2D eigenvalue weighted by molar-refractivity contribution is 0.00220. The van der Waals surface area contributed by atoms with Crippen molar-refractivity contribution in [3.05, 3.63) is 34.2 Å². The van der Waals surface area contributed by atoms with E-state index in [0.29, 0.717) is 15.6 Å². The van der Waals surface area contributed by atoms with Gasteiger partial charge in [-0.1, -0.05) is 0 Å². The Balaban J connectivity index is 1.90. The highest BCUT2D eigenvalue weighted by Crippen LogP contribution is 2.59. The predicted molar refractivity (Wildman–Crippen MR) is 86.5 cm³/mol. The molecule has 1 amide bonds. The van der Waals surface area contributed by atoms with Gasteiger partial charge in [0.1, 0.15) is 5.82 Å². The van der Waals surface area contributed by atoms with Gasteiger partial charge in [-0.2, -0.15) is 0 Å². The first kappa shape index (κ1) is 13.9. The third kappa shape index (κ3) is 1.93. The Labute approximate surface area is 135 Å². The molecule has 2 bridgehead atoms. The fraction of sp³-hybridized carbons (Fsp3) is 0.375. The molecular formula is C16H15BrFN3O.